The van der Waals surface area contributed by atoms with Gasteiger partial charge < -0.3 is 39.9 Å². The number of esters is 2. The Labute approximate surface area is 198 Å². The van der Waals surface area contributed by atoms with E-state index >= 15 is 0 Å². The Bertz CT molecular complexity index is 659. The summed E-state index contributed by atoms with van der Waals surface area (Å²) in [5.74, 6) is -1.19. The zero-order valence-corrected chi connectivity index (χ0v) is 20.3. The molecule has 34 heavy (non-hydrogen) atoms. The normalized spacial score (nSPS) is 29.8. The number of carbonyl (C=O) groups is 2. The van der Waals surface area contributed by atoms with Gasteiger partial charge in [0, 0.05) is 12.8 Å². The van der Waals surface area contributed by atoms with Gasteiger partial charge in [0.15, 0.2) is 6.10 Å². The average Bonchev–Trinajstić information content (AvgIpc) is 2.79. The van der Waals surface area contributed by atoms with Crippen LogP contribution in [-0.2, 0) is 32.7 Å². The van der Waals surface area contributed by atoms with Gasteiger partial charge in [0.25, 0.3) is 0 Å². The highest BCUT2D eigenvalue weighted by Crippen LogP contribution is 2.47. The summed E-state index contributed by atoms with van der Waals surface area (Å²) in [6.07, 6.45) is -9.00. The van der Waals surface area contributed by atoms with Crippen molar-refractivity contribution in [3.63, 3.8) is 0 Å². The predicted octanol–water partition coefficient (Wildman–Crippen LogP) is -0.468. The molecule has 0 aromatic rings. The van der Waals surface area contributed by atoms with E-state index in [1.807, 2.05) is 6.92 Å². The number of aliphatic hydroxyl groups is 5. The SMILES string of the molecule is CCCCCCC(=O)OC[C@H](COP(=O)(O)OC1[C@@H](O)[C@H](O)C(O)[C@@H](O)[C@H]1O)OC(=O)CCC. The Morgan fingerprint density at radius 2 is 1.38 bits per heavy atom. The van der Waals surface area contributed by atoms with Gasteiger partial charge in [-0.05, 0) is 12.8 Å². The van der Waals surface area contributed by atoms with Crippen LogP contribution in [-0.4, -0.2) is 98.3 Å². The van der Waals surface area contributed by atoms with Gasteiger partial charge in [-0.15, -0.1) is 0 Å². The fourth-order valence-electron chi connectivity index (χ4n) is 3.20. The van der Waals surface area contributed by atoms with Crippen molar-refractivity contribution in [1.82, 2.24) is 0 Å². The summed E-state index contributed by atoms with van der Waals surface area (Å²) in [6, 6.07) is 0. The number of aliphatic hydroxyl groups excluding tert-OH is 5. The monoisotopic (exact) mass is 516 g/mol. The molecule has 0 aromatic carbocycles. The minimum absolute atomic E-state index is 0.0489. The number of phosphoric ester groups is 1. The third-order valence-electron chi connectivity index (χ3n) is 5.17. The molecule has 0 aromatic heterocycles. The van der Waals surface area contributed by atoms with Crippen molar-refractivity contribution in [1.29, 1.82) is 0 Å². The molecule has 1 aliphatic carbocycles. The lowest BCUT2D eigenvalue weighted by Crippen LogP contribution is -2.64. The van der Waals surface area contributed by atoms with Gasteiger partial charge in [-0.2, -0.15) is 0 Å². The van der Waals surface area contributed by atoms with E-state index in [4.69, 9.17) is 18.5 Å². The third-order valence-corrected chi connectivity index (χ3v) is 6.15. The van der Waals surface area contributed by atoms with Crippen LogP contribution in [0.5, 0.6) is 0 Å². The molecule has 3 unspecified atom stereocenters. The van der Waals surface area contributed by atoms with Crippen molar-refractivity contribution in [2.24, 2.45) is 0 Å². The maximum atomic E-state index is 12.3. The van der Waals surface area contributed by atoms with Crippen LogP contribution in [0.15, 0.2) is 0 Å². The molecule has 200 valence electrons. The molecule has 0 aliphatic heterocycles. The Morgan fingerprint density at radius 3 is 1.94 bits per heavy atom. The summed E-state index contributed by atoms with van der Waals surface area (Å²) in [7, 11) is -5.05. The topological polar surface area (TPSA) is 210 Å². The smallest absolute Gasteiger partial charge is 0.462 e. The van der Waals surface area contributed by atoms with E-state index in [0.29, 0.717) is 12.8 Å². The second-order valence-corrected chi connectivity index (χ2v) is 9.55. The molecular formula is C20H37O13P. The van der Waals surface area contributed by atoms with Crippen LogP contribution in [0.3, 0.4) is 0 Å². The summed E-state index contributed by atoms with van der Waals surface area (Å²) < 4.78 is 32.0. The first-order valence-corrected chi connectivity index (χ1v) is 12.8. The second kappa shape index (κ2) is 15.1. The van der Waals surface area contributed by atoms with Crippen LogP contribution in [0.1, 0.15) is 58.8 Å². The molecule has 0 spiro atoms. The average molecular weight is 516 g/mol. The summed E-state index contributed by atoms with van der Waals surface area (Å²) in [5, 5.41) is 48.9. The molecule has 0 amide bonds. The molecule has 6 N–H and O–H groups in total. The van der Waals surface area contributed by atoms with E-state index in [-0.39, 0.29) is 12.8 Å². The van der Waals surface area contributed by atoms with Crippen LogP contribution in [0.2, 0.25) is 0 Å². The van der Waals surface area contributed by atoms with Crippen molar-refractivity contribution in [2.75, 3.05) is 13.2 Å². The van der Waals surface area contributed by atoms with Crippen LogP contribution in [0.25, 0.3) is 0 Å². The number of hydrogen-bond donors (Lipinski definition) is 6. The molecule has 0 saturated heterocycles. The Balaban J connectivity index is 2.70. The van der Waals surface area contributed by atoms with Crippen molar-refractivity contribution in [3.05, 3.63) is 0 Å². The van der Waals surface area contributed by atoms with E-state index in [0.717, 1.165) is 19.3 Å². The number of phosphoric acid groups is 1. The Hall–Kier alpha value is -1.15. The van der Waals surface area contributed by atoms with Gasteiger partial charge in [0.1, 0.15) is 43.2 Å². The highest BCUT2D eigenvalue weighted by Gasteiger charge is 2.51. The van der Waals surface area contributed by atoms with Crippen molar-refractivity contribution >= 4 is 19.8 Å². The molecule has 8 atom stereocenters. The molecule has 0 radical (unpaired) electrons. The molecule has 0 heterocycles. The lowest BCUT2D eigenvalue weighted by Gasteiger charge is -2.41. The molecular weight excluding hydrogens is 479 g/mol. The summed E-state index contributed by atoms with van der Waals surface area (Å²) >= 11 is 0. The highest BCUT2D eigenvalue weighted by atomic mass is 31.2. The van der Waals surface area contributed by atoms with E-state index < -0.39 is 75.7 Å². The van der Waals surface area contributed by atoms with Gasteiger partial charge in [0.05, 0.1) is 6.61 Å². The zero-order valence-electron chi connectivity index (χ0n) is 19.4. The number of ether oxygens (including phenoxy) is 2. The van der Waals surface area contributed by atoms with Crippen LogP contribution in [0.4, 0.5) is 0 Å². The van der Waals surface area contributed by atoms with Gasteiger partial charge in [-0.3, -0.25) is 18.6 Å². The van der Waals surface area contributed by atoms with Gasteiger partial charge in [-0.1, -0.05) is 33.1 Å². The highest BCUT2D eigenvalue weighted by molar-refractivity contribution is 7.47. The van der Waals surface area contributed by atoms with Crippen molar-refractivity contribution in [2.45, 2.75) is 102 Å². The predicted molar refractivity (Wildman–Crippen MR) is 115 cm³/mol. The first-order chi connectivity index (χ1) is 15.9. The van der Waals surface area contributed by atoms with Crippen LogP contribution < -0.4 is 0 Å². The summed E-state index contributed by atoms with van der Waals surface area (Å²) in [4.78, 5) is 33.7. The first kappa shape index (κ1) is 30.9. The lowest BCUT2D eigenvalue weighted by atomic mass is 9.85. The minimum atomic E-state index is -5.05. The van der Waals surface area contributed by atoms with E-state index in [9.17, 15) is 44.6 Å². The van der Waals surface area contributed by atoms with E-state index in [1.54, 1.807) is 6.92 Å². The lowest BCUT2D eigenvalue weighted by molar-refractivity contribution is -0.220. The van der Waals surface area contributed by atoms with Crippen molar-refractivity contribution < 1.29 is 63.1 Å². The molecule has 13 nitrogen and oxygen atoms in total. The molecule has 14 heteroatoms. The number of rotatable bonds is 15. The quantitative estimate of drug-likeness (QED) is 0.0925. The van der Waals surface area contributed by atoms with Crippen molar-refractivity contribution in [3.8, 4) is 0 Å². The van der Waals surface area contributed by atoms with Gasteiger partial charge in [0.2, 0.25) is 0 Å². The largest absolute Gasteiger partial charge is 0.472 e. The first-order valence-electron chi connectivity index (χ1n) is 11.3. The summed E-state index contributed by atoms with van der Waals surface area (Å²) in [5.41, 5.74) is 0. The fourth-order valence-corrected chi connectivity index (χ4v) is 4.17. The standard InChI is InChI=1S/C20H37O13P/c1-3-5-6-7-9-13(21)30-10-12(32-14(22)8-4-2)11-31-34(28,29)33-20-18(26)16(24)15(23)17(25)19(20)27/h12,15-20,23-27H,3-11H2,1-2H3,(H,28,29)/t12-,15?,16-,17-,18-,19+,20?/m1/s1. The van der Waals surface area contributed by atoms with Gasteiger partial charge >= 0.3 is 19.8 Å². The fraction of sp³-hybridized carbons (Fsp3) is 0.900. The molecule has 1 rings (SSSR count). The third kappa shape index (κ3) is 10.2. The molecule has 1 fully saturated rings. The van der Waals surface area contributed by atoms with Crippen LogP contribution >= 0.6 is 7.82 Å². The number of carbonyl (C=O) groups excluding carboxylic acids is 2. The summed E-state index contributed by atoms with van der Waals surface area (Å²) in [6.45, 7) is 2.58. The Kier molecular flexibility index (Phi) is 13.7. The zero-order chi connectivity index (χ0) is 25.9. The molecule has 1 aliphatic rings. The number of hydrogen-bond acceptors (Lipinski definition) is 12. The Morgan fingerprint density at radius 1 is 0.794 bits per heavy atom. The van der Waals surface area contributed by atoms with E-state index in [1.165, 1.54) is 0 Å². The van der Waals surface area contributed by atoms with E-state index in [2.05, 4.69) is 0 Å². The van der Waals surface area contributed by atoms with Gasteiger partial charge in [-0.25, -0.2) is 4.57 Å². The van der Waals surface area contributed by atoms with Crippen LogP contribution in [0, 0.1) is 0 Å². The minimum Gasteiger partial charge on any atom is -0.462 e. The number of unbranched alkanes of at least 4 members (excludes halogenated alkanes) is 3. The maximum absolute atomic E-state index is 12.3. The maximum Gasteiger partial charge on any atom is 0.472 e. The second-order valence-electron chi connectivity index (χ2n) is 8.14. The molecule has 0 bridgehead atoms. The molecule has 1 saturated carbocycles.